The Bertz CT molecular complexity index is 325. The van der Waals surface area contributed by atoms with Gasteiger partial charge in [0.1, 0.15) is 0 Å². The van der Waals surface area contributed by atoms with E-state index in [0.717, 1.165) is 10.9 Å². The highest BCUT2D eigenvalue weighted by molar-refractivity contribution is 9.10. The zero-order valence-corrected chi connectivity index (χ0v) is 10.9. The fraction of sp³-hybridized carbons (Fsp3) is 0.385. The Labute approximate surface area is 101 Å². The maximum Gasteiger partial charge on any atom is 0.0175 e. The number of benzene rings is 1. The minimum Gasteiger partial charge on any atom is -0.330 e. The highest BCUT2D eigenvalue weighted by atomic mass is 79.9. The summed E-state index contributed by atoms with van der Waals surface area (Å²) in [6.07, 6.45) is 3.19. The molecule has 0 spiro atoms. The van der Waals surface area contributed by atoms with Crippen molar-refractivity contribution in [1.82, 2.24) is 0 Å². The molecule has 1 aromatic rings. The van der Waals surface area contributed by atoms with Gasteiger partial charge in [-0.3, -0.25) is 0 Å². The third-order valence-electron chi connectivity index (χ3n) is 2.33. The number of hydrogen-bond acceptors (Lipinski definition) is 1. The van der Waals surface area contributed by atoms with Crippen molar-refractivity contribution < 1.29 is 0 Å². The molecule has 2 N–H and O–H groups in total. The summed E-state index contributed by atoms with van der Waals surface area (Å²) in [5.41, 5.74) is 8.20. The Morgan fingerprint density at radius 2 is 1.93 bits per heavy atom. The quantitative estimate of drug-likeness (QED) is 0.882. The van der Waals surface area contributed by atoms with Gasteiger partial charge in [0.15, 0.2) is 0 Å². The number of hydrogen-bond donors (Lipinski definition) is 1. The fourth-order valence-electron chi connectivity index (χ4n) is 1.57. The summed E-state index contributed by atoms with van der Waals surface area (Å²) in [6.45, 7) is 5.14. The molecule has 0 fully saturated rings. The second kappa shape index (κ2) is 6.09. The summed E-state index contributed by atoms with van der Waals surface area (Å²) in [5, 5.41) is 0. The predicted molar refractivity (Wildman–Crippen MR) is 70.6 cm³/mol. The molecule has 0 heterocycles. The molecule has 0 bridgehead atoms. The number of nitrogens with two attached hydrogens (primary N) is 1. The molecule has 0 aliphatic rings. The van der Waals surface area contributed by atoms with Crippen molar-refractivity contribution >= 4 is 21.5 Å². The number of halogens is 1. The van der Waals surface area contributed by atoms with Gasteiger partial charge in [0.2, 0.25) is 0 Å². The molecule has 15 heavy (non-hydrogen) atoms. The third-order valence-corrected chi connectivity index (χ3v) is 2.86. The average Bonchev–Trinajstić information content (AvgIpc) is 2.21. The van der Waals surface area contributed by atoms with Crippen molar-refractivity contribution in [1.29, 1.82) is 0 Å². The monoisotopic (exact) mass is 267 g/mol. The van der Waals surface area contributed by atoms with Gasteiger partial charge in [-0.1, -0.05) is 48.0 Å². The van der Waals surface area contributed by atoms with Crippen LogP contribution in [0.25, 0.3) is 5.57 Å². The van der Waals surface area contributed by atoms with Gasteiger partial charge in [-0.05, 0) is 42.2 Å². The Morgan fingerprint density at radius 1 is 1.33 bits per heavy atom. The summed E-state index contributed by atoms with van der Waals surface area (Å²) in [6, 6.07) is 8.45. The van der Waals surface area contributed by atoms with Crippen molar-refractivity contribution in [2.24, 2.45) is 11.7 Å². The minimum absolute atomic E-state index is 0.540. The maximum atomic E-state index is 5.53. The van der Waals surface area contributed by atoms with Crippen LogP contribution >= 0.6 is 15.9 Å². The molecule has 0 amide bonds. The van der Waals surface area contributed by atoms with E-state index in [2.05, 4.69) is 60.1 Å². The van der Waals surface area contributed by atoms with Gasteiger partial charge in [-0.25, -0.2) is 0 Å². The Hall–Kier alpha value is -0.600. The molecule has 1 nitrogen and oxygen atoms in total. The second-order valence-corrected chi connectivity index (χ2v) is 4.81. The van der Waals surface area contributed by atoms with Crippen molar-refractivity contribution in [2.45, 2.75) is 20.3 Å². The molecule has 0 atom stereocenters. The van der Waals surface area contributed by atoms with Gasteiger partial charge in [0.05, 0.1) is 0 Å². The first-order valence-corrected chi connectivity index (χ1v) is 6.10. The fourth-order valence-corrected chi connectivity index (χ4v) is 1.83. The molecular formula is C13H18BrN. The van der Waals surface area contributed by atoms with Gasteiger partial charge >= 0.3 is 0 Å². The average molecular weight is 268 g/mol. The van der Waals surface area contributed by atoms with Crippen LogP contribution in [0.5, 0.6) is 0 Å². The Morgan fingerprint density at radius 3 is 2.40 bits per heavy atom. The lowest BCUT2D eigenvalue weighted by Crippen LogP contribution is -1.99. The summed E-state index contributed by atoms with van der Waals surface area (Å²) < 4.78 is 1.12. The van der Waals surface area contributed by atoms with Gasteiger partial charge in [0, 0.05) is 4.47 Å². The highest BCUT2D eigenvalue weighted by Crippen LogP contribution is 2.24. The molecule has 0 aliphatic carbocycles. The van der Waals surface area contributed by atoms with Crippen LogP contribution in [-0.2, 0) is 0 Å². The van der Waals surface area contributed by atoms with Crippen LogP contribution in [0.15, 0.2) is 34.8 Å². The van der Waals surface area contributed by atoms with Crippen LogP contribution in [0.1, 0.15) is 25.8 Å². The lowest BCUT2D eigenvalue weighted by molar-refractivity contribution is 0.847. The molecule has 0 aliphatic heterocycles. The molecular weight excluding hydrogens is 250 g/mol. The Balaban J connectivity index is 2.94. The lowest BCUT2D eigenvalue weighted by atomic mass is 9.94. The predicted octanol–water partition coefficient (Wildman–Crippen LogP) is 3.84. The van der Waals surface area contributed by atoms with Crippen molar-refractivity contribution in [3.05, 3.63) is 40.4 Å². The van der Waals surface area contributed by atoms with E-state index in [1.807, 2.05) is 0 Å². The molecule has 0 unspecified atom stereocenters. The van der Waals surface area contributed by atoms with Crippen LogP contribution in [0.2, 0.25) is 0 Å². The zero-order valence-electron chi connectivity index (χ0n) is 9.33. The normalized spacial score (nSPS) is 12.2. The molecule has 0 radical (unpaired) electrons. The number of allylic oxidation sites excluding steroid dienone is 1. The molecule has 1 rings (SSSR count). The van der Waals surface area contributed by atoms with E-state index in [4.69, 9.17) is 5.73 Å². The van der Waals surface area contributed by atoms with Gasteiger partial charge in [0.25, 0.3) is 0 Å². The van der Waals surface area contributed by atoms with E-state index >= 15 is 0 Å². The van der Waals surface area contributed by atoms with Crippen LogP contribution in [-0.4, -0.2) is 6.54 Å². The molecule has 0 saturated heterocycles. The largest absolute Gasteiger partial charge is 0.330 e. The third kappa shape index (κ3) is 3.80. The molecule has 82 valence electrons. The zero-order chi connectivity index (χ0) is 11.3. The van der Waals surface area contributed by atoms with Crippen molar-refractivity contribution in [3.63, 3.8) is 0 Å². The first kappa shape index (κ1) is 12.5. The maximum absolute atomic E-state index is 5.53. The molecule has 2 heteroatoms. The summed E-state index contributed by atoms with van der Waals surface area (Å²) in [4.78, 5) is 0. The van der Waals surface area contributed by atoms with Gasteiger partial charge in [-0.15, -0.1) is 0 Å². The van der Waals surface area contributed by atoms with Crippen LogP contribution in [0.3, 0.4) is 0 Å². The van der Waals surface area contributed by atoms with E-state index in [0.29, 0.717) is 12.5 Å². The summed E-state index contributed by atoms with van der Waals surface area (Å²) in [7, 11) is 0. The van der Waals surface area contributed by atoms with Crippen LogP contribution in [0.4, 0.5) is 0 Å². The summed E-state index contributed by atoms with van der Waals surface area (Å²) >= 11 is 3.44. The first-order chi connectivity index (χ1) is 7.15. The van der Waals surface area contributed by atoms with E-state index in [1.165, 1.54) is 11.1 Å². The molecule has 0 saturated carbocycles. The summed E-state index contributed by atoms with van der Waals surface area (Å²) in [5.74, 6) is 0.540. The molecule has 1 aromatic carbocycles. The van der Waals surface area contributed by atoms with Crippen molar-refractivity contribution in [3.8, 4) is 0 Å². The highest BCUT2D eigenvalue weighted by Gasteiger charge is 2.05. The van der Waals surface area contributed by atoms with Crippen molar-refractivity contribution in [2.75, 3.05) is 6.54 Å². The number of rotatable bonds is 4. The first-order valence-electron chi connectivity index (χ1n) is 5.31. The van der Waals surface area contributed by atoms with E-state index in [1.54, 1.807) is 0 Å². The SMILES string of the molecule is CC(C)/C(=C\CCN)c1ccc(Br)cc1. The van der Waals surface area contributed by atoms with Crippen LogP contribution in [0, 0.1) is 5.92 Å². The smallest absolute Gasteiger partial charge is 0.0175 e. The standard InChI is InChI=1S/C13H18BrN/c1-10(2)13(4-3-9-15)11-5-7-12(14)8-6-11/h4-8,10H,3,9,15H2,1-2H3/b13-4+. The second-order valence-electron chi connectivity index (χ2n) is 3.90. The topological polar surface area (TPSA) is 26.0 Å². The van der Waals surface area contributed by atoms with E-state index in [9.17, 15) is 0 Å². The van der Waals surface area contributed by atoms with Gasteiger partial charge in [-0.2, -0.15) is 0 Å². The minimum atomic E-state index is 0.540. The Kier molecular flexibility index (Phi) is 5.06. The van der Waals surface area contributed by atoms with Gasteiger partial charge < -0.3 is 5.73 Å². The van der Waals surface area contributed by atoms with E-state index in [-0.39, 0.29) is 0 Å². The van der Waals surface area contributed by atoms with E-state index < -0.39 is 0 Å². The molecule has 0 aromatic heterocycles. The van der Waals surface area contributed by atoms with Crippen LogP contribution < -0.4 is 5.73 Å². The lowest BCUT2D eigenvalue weighted by Gasteiger charge is -2.12.